The van der Waals surface area contributed by atoms with Gasteiger partial charge in [-0.3, -0.25) is 4.99 Å². The summed E-state index contributed by atoms with van der Waals surface area (Å²) in [6.45, 7) is 10.5. The quantitative estimate of drug-likeness (QED) is 0.377. The molecule has 0 aromatic carbocycles. The Kier molecular flexibility index (Phi) is 7.62. The minimum absolute atomic E-state index is 0. The number of aromatic nitrogens is 5. The lowest BCUT2D eigenvalue weighted by molar-refractivity contribution is 0.353. The highest BCUT2D eigenvalue weighted by atomic mass is 127. The summed E-state index contributed by atoms with van der Waals surface area (Å²) in [5.41, 5.74) is 0. The molecular weight excluding hydrogens is 481 g/mol. The van der Waals surface area contributed by atoms with Gasteiger partial charge in [0.1, 0.15) is 11.6 Å². The third-order valence-electron chi connectivity index (χ3n) is 5.48. The maximum absolute atomic E-state index is 4.97. The summed E-state index contributed by atoms with van der Waals surface area (Å²) in [6.07, 6.45) is 5.72. The highest BCUT2D eigenvalue weighted by Gasteiger charge is 2.23. The summed E-state index contributed by atoms with van der Waals surface area (Å²) in [7, 11) is 0. The van der Waals surface area contributed by atoms with Crippen molar-refractivity contribution in [3.8, 4) is 0 Å². The Labute approximate surface area is 189 Å². The zero-order valence-corrected chi connectivity index (χ0v) is 19.5. The smallest absolute Gasteiger partial charge is 0.225 e. The second kappa shape index (κ2) is 10.2. The number of aryl methyl sites for hydroxylation is 2. The van der Waals surface area contributed by atoms with E-state index in [1.807, 2.05) is 13.0 Å². The standard InChI is InChI=1S/C19H29N9.HI/c1-3-20-18(23-13-16-5-6-17-25-24-15(2)28(17)14-16)26-9-11-27(12-10-26)19-21-7-4-8-22-19;/h4,7-8,16H,3,5-6,9-14H2,1-2H3,(H,20,23);1H. The summed E-state index contributed by atoms with van der Waals surface area (Å²) < 4.78 is 2.25. The van der Waals surface area contributed by atoms with Crippen LogP contribution in [-0.4, -0.2) is 74.9 Å². The molecule has 9 nitrogen and oxygen atoms in total. The SMILES string of the molecule is CCNC(=NCC1CCc2nnc(C)n2C1)N1CCN(c2ncccn2)CC1.I. The van der Waals surface area contributed by atoms with Crippen LogP contribution in [0, 0.1) is 12.8 Å². The van der Waals surface area contributed by atoms with Crippen LogP contribution in [0.1, 0.15) is 25.0 Å². The molecule has 0 amide bonds. The van der Waals surface area contributed by atoms with E-state index in [0.717, 1.165) is 82.2 Å². The Morgan fingerprint density at radius 2 is 1.93 bits per heavy atom. The van der Waals surface area contributed by atoms with Gasteiger partial charge in [-0.05, 0) is 32.3 Å². The van der Waals surface area contributed by atoms with E-state index in [-0.39, 0.29) is 24.0 Å². The van der Waals surface area contributed by atoms with Gasteiger partial charge in [-0.2, -0.15) is 0 Å². The first-order valence-electron chi connectivity index (χ1n) is 10.2. The summed E-state index contributed by atoms with van der Waals surface area (Å²) >= 11 is 0. The van der Waals surface area contributed by atoms with Gasteiger partial charge in [0.2, 0.25) is 5.95 Å². The normalized spacial score (nSPS) is 19.5. The number of fused-ring (bicyclic) bond motifs is 1. The third kappa shape index (κ3) is 5.14. The van der Waals surface area contributed by atoms with E-state index in [0.29, 0.717) is 5.92 Å². The van der Waals surface area contributed by atoms with Crippen molar-refractivity contribution in [2.75, 3.05) is 44.2 Å². The molecule has 1 unspecified atom stereocenters. The van der Waals surface area contributed by atoms with Crippen molar-refractivity contribution in [1.29, 1.82) is 0 Å². The zero-order chi connectivity index (χ0) is 19.3. The second-order valence-corrected chi connectivity index (χ2v) is 7.40. The highest BCUT2D eigenvalue weighted by molar-refractivity contribution is 14.0. The molecule has 2 aromatic heterocycles. The third-order valence-corrected chi connectivity index (χ3v) is 5.48. The summed E-state index contributed by atoms with van der Waals surface area (Å²) in [4.78, 5) is 18.3. The van der Waals surface area contributed by atoms with Crippen molar-refractivity contribution < 1.29 is 0 Å². The monoisotopic (exact) mass is 511 g/mol. The van der Waals surface area contributed by atoms with Crippen LogP contribution in [0.4, 0.5) is 5.95 Å². The first kappa shape index (κ1) is 21.7. The molecule has 0 saturated carbocycles. The molecule has 0 spiro atoms. The molecule has 158 valence electrons. The predicted octanol–water partition coefficient (Wildman–Crippen LogP) is 1.34. The topological polar surface area (TPSA) is 87.4 Å². The first-order chi connectivity index (χ1) is 13.7. The van der Waals surface area contributed by atoms with E-state index in [1.165, 1.54) is 0 Å². The molecule has 0 aliphatic carbocycles. The molecule has 0 bridgehead atoms. The molecule has 29 heavy (non-hydrogen) atoms. The average molecular weight is 511 g/mol. The molecule has 1 N–H and O–H groups in total. The van der Waals surface area contributed by atoms with Gasteiger partial charge in [-0.15, -0.1) is 34.2 Å². The van der Waals surface area contributed by atoms with Gasteiger partial charge in [-0.25, -0.2) is 9.97 Å². The number of piperazine rings is 1. The van der Waals surface area contributed by atoms with Crippen LogP contribution in [0.5, 0.6) is 0 Å². The van der Waals surface area contributed by atoms with Crippen molar-refractivity contribution in [3.63, 3.8) is 0 Å². The molecule has 2 aliphatic heterocycles. The minimum atomic E-state index is 0. The van der Waals surface area contributed by atoms with Gasteiger partial charge >= 0.3 is 0 Å². The number of nitrogens with zero attached hydrogens (tertiary/aromatic N) is 8. The average Bonchev–Trinajstić information content (AvgIpc) is 3.12. The molecule has 2 aromatic rings. The van der Waals surface area contributed by atoms with Crippen LogP contribution < -0.4 is 10.2 Å². The number of hydrogen-bond donors (Lipinski definition) is 1. The van der Waals surface area contributed by atoms with Crippen molar-refractivity contribution >= 4 is 35.9 Å². The van der Waals surface area contributed by atoms with Crippen molar-refractivity contribution in [2.24, 2.45) is 10.9 Å². The number of hydrogen-bond acceptors (Lipinski definition) is 6. The first-order valence-corrected chi connectivity index (χ1v) is 10.2. The second-order valence-electron chi connectivity index (χ2n) is 7.40. The molecule has 1 fully saturated rings. The summed E-state index contributed by atoms with van der Waals surface area (Å²) in [6, 6.07) is 1.85. The van der Waals surface area contributed by atoms with E-state index >= 15 is 0 Å². The fourth-order valence-corrected chi connectivity index (χ4v) is 3.89. The number of anilines is 1. The van der Waals surface area contributed by atoms with E-state index in [4.69, 9.17) is 4.99 Å². The fourth-order valence-electron chi connectivity index (χ4n) is 3.89. The Bertz CT molecular complexity index is 799. The Morgan fingerprint density at radius 3 is 2.66 bits per heavy atom. The van der Waals surface area contributed by atoms with E-state index in [2.05, 4.69) is 46.8 Å². The van der Waals surface area contributed by atoms with E-state index < -0.39 is 0 Å². The molecular formula is C19H30IN9. The van der Waals surface area contributed by atoms with Gasteiger partial charge in [0.15, 0.2) is 5.96 Å². The van der Waals surface area contributed by atoms with Gasteiger partial charge in [0.05, 0.1) is 0 Å². The zero-order valence-electron chi connectivity index (χ0n) is 17.2. The number of rotatable bonds is 4. The van der Waals surface area contributed by atoms with Crippen LogP contribution in [0.3, 0.4) is 0 Å². The molecule has 1 atom stereocenters. The minimum Gasteiger partial charge on any atom is -0.357 e. The molecule has 4 rings (SSSR count). The lowest BCUT2D eigenvalue weighted by Crippen LogP contribution is -2.53. The van der Waals surface area contributed by atoms with Crippen molar-refractivity contribution in [2.45, 2.75) is 33.2 Å². The Balaban J connectivity index is 0.00000240. The lowest BCUT2D eigenvalue weighted by atomic mass is 9.99. The van der Waals surface area contributed by atoms with Crippen LogP contribution in [0.2, 0.25) is 0 Å². The van der Waals surface area contributed by atoms with Gasteiger partial charge in [0.25, 0.3) is 0 Å². The maximum Gasteiger partial charge on any atom is 0.225 e. The van der Waals surface area contributed by atoms with Crippen molar-refractivity contribution in [1.82, 2.24) is 34.9 Å². The van der Waals surface area contributed by atoms with Gasteiger partial charge < -0.3 is 19.7 Å². The van der Waals surface area contributed by atoms with E-state index in [1.54, 1.807) is 12.4 Å². The number of nitrogens with one attached hydrogen (secondary N) is 1. The van der Waals surface area contributed by atoms with Gasteiger partial charge in [-0.1, -0.05) is 0 Å². The fraction of sp³-hybridized carbons (Fsp3) is 0.632. The Morgan fingerprint density at radius 1 is 1.17 bits per heavy atom. The van der Waals surface area contributed by atoms with Crippen LogP contribution >= 0.6 is 24.0 Å². The van der Waals surface area contributed by atoms with Crippen LogP contribution in [0.25, 0.3) is 0 Å². The maximum atomic E-state index is 4.97. The molecule has 0 radical (unpaired) electrons. The molecule has 10 heteroatoms. The summed E-state index contributed by atoms with van der Waals surface area (Å²) in [5.74, 6) is 4.49. The van der Waals surface area contributed by atoms with E-state index in [9.17, 15) is 0 Å². The molecule has 2 aliphatic rings. The predicted molar refractivity (Wildman–Crippen MR) is 124 cm³/mol. The lowest BCUT2D eigenvalue weighted by Gasteiger charge is -2.36. The van der Waals surface area contributed by atoms with Crippen LogP contribution in [-0.2, 0) is 13.0 Å². The molecule has 4 heterocycles. The molecule has 1 saturated heterocycles. The largest absolute Gasteiger partial charge is 0.357 e. The summed E-state index contributed by atoms with van der Waals surface area (Å²) in [5, 5.41) is 11.9. The number of aliphatic imine (C=N–C) groups is 1. The Hall–Kier alpha value is -1.98. The van der Waals surface area contributed by atoms with Gasteiger partial charge in [0, 0.05) is 64.6 Å². The van der Waals surface area contributed by atoms with Crippen molar-refractivity contribution in [3.05, 3.63) is 30.1 Å². The highest BCUT2D eigenvalue weighted by Crippen LogP contribution is 2.20. The number of halogens is 1. The number of guanidine groups is 1. The van der Waals surface area contributed by atoms with Crippen LogP contribution in [0.15, 0.2) is 23.5 Å².